The summed E-state index contributed by atoms with van der Waals surface area (Å²) in [4.78, 5) is 4.35. The van der Waals surface area contributed by atoms with Crippen molar-refractivity contribution in [3.05, 3.63) is 11.4 Å². The van der Waals surface area contributed by atoms with E-state index in [0.717, 1.165) is 11.4 Å². The van der Waals surface area contributed by atoms with Crippen LogP contribution in [0.4, 0.5) is 5.95 Å². The van der Waals surface area contributed by atoms with E-state index < -0.39 is 0 Å². The van der Waals surface area contributed by atoms with E-state index in [4.69, 9.17) is 10.5 Å². The molecule has 0 unspecified atom stereocenters. The van der Waals surface area contributed by atoms with Gasteiger partial charge in [-0.3, -0.25) is 0 Å². The van der Waals surface area contributed by atoms with Gasteiger partial charge in [0.1, 0.15) is 11.2 Å². The summed E-state index contributed by atoms with van der Waals surface area (Å²) < 4.78 is 7.85. The molecule has 0 spiro atoms. The highest BCUT2D eigenvalue weighted by Crippen LogP contribution is 2.46. The minimum atomic E-state index is -0.339. The lowest BCUT2D eigenvalue weighted by Gasteiger charge is -2.25. The average molecular weight is 195 g/mol. The standard InChI is InChI=1S/C10H17N3O/c1-9(2)6-7(10(3,4)14-9)13(5)8(11)12-6/h1-5H3,(H2,11,12). The summed E-state index contributed by atoms with van der Waals surface area (Å²) >= 11 is 0. The van der Waals surface area contributed by atoms with E-state index in [1.165, 1.54) is 0 Å². The molecule has 2 rings (SSSR count). The van der Waals surface area contributed by atoms with Gasteiger partial charge in [-0.05, 0) is 27.7 Å². The van der Waals surface area contributed by atoms with Crippen LogP contribution in [0.5, 0.6) is 0 Å². The predicted molar refractivity (Wildman–Crippen MR) is 54.8 cm³/mol. The molecule has 0 atom stereocenters. The van der Waals surface area contributed by atoms with E-state index in [0.29, 0.717) is 5.95 Å². The first kappa shape index (κ1) is 9.52. The van der Waals surface area contributed by atoms with Gasteiger partial charge in [0, 0.05) is 7.05 Å². The van der Waals surface area contributed by atoms with Crippen molar-refractivity contribution in [1.29, 1.82) is 0 Å². The molecule has 4 heteroatoms. The summed E-state index contributed by atoms with van der Waals surface area (Å²) in [5.74, 6) is 0.555. The topological polar surface area (TPSA) is 53.1 Å². The number of rotatable bonds is 0. The number of nitrogens with two attached hydrogens (primary N) is 1. The van der Waals surface area contributed by atoms with Gasteiger partial charge >= 0.3 is 0 Å². The zero-order chi connectivity index (χ0) is 10.7. The molecule has 0 aromatic carbocycles. The van der Waals surface area contributed by atoms with Crippen LogP contribution in [-0.2, 0) is 23.0 Å². The molecule has 4 nitrogen and oxygen atoms in total. The van der Waals surface area contributed by atoms with Gasteiger partial charge in [0.05, 0.1) is 11.4 Å². The van der Waals surface area contributed by atoms with E-state index in [2.05, 4.69) is 4.98 Å². The molecule has 1 aromatic rings. The van der Waals surface area contributed by atoms with Crippen LogP contribution in [-0.4, -0.2) is 9.55 Å². The molecule has 0 radical (unpaired) electrons. The third-order valence-electron chi connectivity index (χ3n) is 2.78. The first-order valence-corrected chi connectivity index (χ1v) is 4.79. The number of hydrogen-bond acceptors (Lipinski definition) is 3. The number of imidazole rings is 1. The Labute approximate surface area is 84.1 Å². The van der Waals surface area contributed by atoms with Crippen LogP contribution in [0.1, 0.15) is 39.1 Å². The second-order valence-electron chi connectivity index (χ2n) is 4.85. The summed E-state index contributed by atoms with van der Waals surface area (Å²) in [7, 11) is 1.92. The number of aromatic nitrogens is 2. The second kappa shape index (κ2) is 2.31. The Hall–Kier alpha value is -1.03. The Morgan fingerprint density at radius 1 is 1.21 bits per heavy atom. The number of anilines is 1. The van der Waals surface area contributed by atoms with Gasteiger partial charge in [0.15, 0.2) is 0 Å². The summed E-state index contributed by atoms with van der Waals surface area (Å²) in [5.41, 5.74) is 7.19. The van der Waals surface area contributed by atoms with Gasteiger partial charge in [-0.1, -0.05) is 0 Å². The van der Waals surface area contributed by atoms with Crippen molar-refractivity contribution in [2.45, 2.75) is 38.9 Å². The molecule has 14 heavy (non-hydrogen) atoms. The summed E-state index contributed by atoms with van der Waals surface area (Å²) in [5, 5.41) is 0. The van der Waals surface area contributed by atoms with E-state index in [1.54, 1.807) is 0 Å². The van der Waals surface area contributed by atoms with Crippen molar-refractivity contribution >= 4 is 5.95 Å². The van der Waals surface area contributed by atoms with Gasteiger partial charge in [-0.25, -0.2) is 4.98 Å². The lowest BCUT2D eigenvalue weighted by atomic mass is 10.0. The van der Waals surface area contributed by atoms with Crippen molar-refractivity contribution in [2.75, 3.05) is 5.73 Å². The molecular formula is C10H17N3O. The lowest BCUT2D eigenvalue weighted by Crippen LogP contribution is -2.25. The fourth-order valence-corrected chi connectivity index (χ4v) is 2.36. The minimum Gasteiger partial charge on any atom is -0.369 e. The number of ether oxygens (including phenoxy) is 1. The lowest BCUT2D eigenvalue weighted by molar-refractivity contribution is -0.109. The normalized spacial score (nSPS) is 22.4. The maximum Gasteiger partial charge on any atom is 0.200 e. The number of nitrogens with zero attached hydrogens (tertiary/aromatic N) is 2. The first-order chi connectivity index (χ1) is 6.26. The average Bonchev–Trinajstić information content (AvgIpc) is 2.34. The molecule has 2 N–H and O–H groups in total. The highest BCUT2D eigenvalue weighted by molar-refractivity contribution is 5.38. The highest BCUT2D eigenvalue weighted by atomic mass is 16.5. The quantitative estimate of drug-likeness (QED) is 0.682. The minimum absolute atomic E-state index is 0.307. The molecule has 78 valence electrons. The van der Waals surface area contributed by atoms with Gasteiger partial charge in [-0.2, -0.15) is 0 Å². The molecule has 1 aliphatic rings. The van der Waals surface area contributed by atoms with Gasteiger partial charge in [-0.15, -0.1) is 0 Å². The predicted octanol–water partition coefficient (Wildman–Crippen LogP) is 1.50. The number of nitrogen functional groups attached to an aromatic ring is 1. The van der Waals surface area contributed by atoms with Crippen LogP contribution < -0.4 is 5.73 Å². The van der Waals surface area contributed by atoms with Gasteiger partial charge < -0.3 is 15.0 Å². The molecular weight excluding hydrogens is 178 g/mol. The molecule has 0 saturated heterocycles. The van der Waals surface area contributed by atoms with E-state index in [1.807, 2.05) is 39.3 Å². The fraction of sp³-hybridized carbons (Fsp3) is 0.700. The van der Waals surface area contributed by atoms with Crippen molar-refractivity contribution in [1.82, 2.24) is 9.55 Å². The summed E-state index contributed by atoms with van der Waals surface area (Å²) in [6, 6.07) is 0. The third kappa shape index (κ3) is 1.00. The molecule has 2 heterocycles. The second-order valence-corrected chi connectivity index (χ2v) is 4.85. The molecule has 0 fully saturated rings. The van der Waals surface area contributed by atoms with Crippen molar-refractivity contribution in [3.63, 3.8) is 0 Å². The van der Waals surface area contributed by atoms with Crippen LogP contribution in [0.3, 0.4) is 0 Å². The molecule has 0 bridgehead atoms. The molecule has 0 aliphatic carbocycles. The van der Waals surface area contributed by atoms with Crippen LogP contribution in [0.2, 0.25) is 0 Å². The van der Waals surface area contributed by atoms with Crippen molar-refractivity contribution in [2.24, 2.45) is 7.05 Å². The molecule has 1 aliphatic heterocycles. The number of fused-ring (bicyclic) bond motifs is 1. The Kier molecular flexibility index (Phi) is 1.57. The van der Waals surface area contributed by atoms with E-state index in [9.17, 15) is 0 Å². The van der Waals surface area contributed by atoms with E-state index >= 15 is 0 Å². The smallest absolute Gasteiger partial charge is 0.200 e. The first-order valence-electron chi connectivity index (χ1n) is 4.79. The highest BCUT2D eigenvalue weighted by Gasteiger charge is 2.47. The summed E-state index contributed by atoms with van der Waals surface area (Å²) in [6.45, 7) is 8.13. The SMILES string of the molecule is Cn1c(N)nc2c1C(C)(C)OC2(C)C. The Morgan fingerprint density at radius 3 is 2.29 bits per heavy atom. The van der Waals surface area contributed by atoms with E-state index in [-0.39, 0.29) is 11.2 Å². The van der Waals surface area contributed by atoms with Gasteiger partial charge in [0.25, 0.3) is 0 Å². The largest absolute Gasteiger partial charge is 0.369 e. The zero-order valence-electron chi connectivity index (χ0n) is 9.38. The van der Waals surface area contributed by atoms with Crippen LogP contribution in [0, 0.1) is 0 Å². The van der Waals surface area contributed by atoms with Crippen molar-refractivity contribution in [3.8, 4) is 0 Å². The third-order valence-corrected chi connectivity index (χ3v) is 2.78. The molecule has 0 saturated carbocycles. The van der Waals surface area contributed by atoms with Crippen molar-refractivity contribution < 1.29 is 4.74 Å². The van der Waals surface area contributed by atoms with Crippen LogP contribution >= 0.6 is 0 Å². The fourth-order valence-electron chi connectivity index (χ4n) is 2.36. The molecule has 1 aromatic heterocycles. The zero-order valence-corrected chi connectivity index (χ0v) is 9.38. The maximum absolute atomic E-state index is 5.94. The maximum atomic E-state index is 5.94. The van der Waals surface area contributed by atoms with Gasteiger partial charge in [0.2, 0.25) is 5.95 Å². The Balaban J connectivity index is 2.72. The Morgan fingerprint density at radius 2 is 1.79 bits per heavy atom. The Bertz CT molecular complexity index is 390. The van der Waals surface area contributed by atoms with Crippen LogP contribution in [0.25, 0.3) is 0 Å². The summed E-state index contributed by atoms with van der Waals surface area (Å²) in [6.07, 6.45) is 0. The molecule has 0 amide bonds. The monoisotopic (exact) mass is 195 g/mol. The number of hydrogen-bond donors (Lipinski definition) is 1. The van der Waals surface area contributed by atoms with Crippen LogP contribution in [0.15, 0.2) is 0 Å².